The number of ether oxygens (including phenoxy) is 1. The smallest absolute Gasteiger partial charge is 0.505 e. The third-order valence-electron chi connectivity index (χ3n) is 17.2. The molecule has 0 unspecified atom stereocenters. The van der Waals surface area contributed by atoms with Crippen molar-refractivity contribution in [2.75, 3.05) is 7.11 Å². The van der Waals surface area contributed by atoms with E-state index in [-0.39, 0.29) is 112 Å². The second-order valence-corrected chi connectivity index (χ2v) is 30.7. The van der Waals surface area contributed by atoms with Gasteiger partial charge in [-0.05, 0) is 119 Å². The molecule has 616 valence electrons. The minimum Gasteiger partial charge on any atom is -0.505 e. The summed E-state index contributed by atoms with van der Waals surface area (Å²) in [5, 5.41) is 60.9. The normalized spacial score (nSPS) is 10.3. The number of hydrogen-bond donors (Lipinski definition) is 3. The van der Waals surface area contributed by atoms with Gasteiger partial charge in [0.2, 0.25) is 0 Å². The number of rotatable bonds is 11. The summed E-state index contributed by atoms with van der Waals surface area (Å²) in [5.74, 6) is 1.15. The fourth-order valence-corrected chi connectivity index (χ4v) is 11.5. The van der Waals surface area contributed by atoms with Crippen LogP contribution in [0.15, 0.2) is 303 Å². The average Bonchev–Trinajstić information content (AvgIpc) is 1.76. The van der Waals surface area contributed by atoms with E-state index in [1.54, 1.807) is 239 Å². The predicted molar refractivity (Wildman–Crippen MR) is 477 cm³/mol. The van der Waals surface area contributed by atoms with Crippen LogP contribution in [0.2, 0.25) is 15.1 Å². The van der Waals surface area contributed by atoms with Crippen molar-refractivity contribution in [3.63, 3.8) is 0 Å². The minimum atomic E-state index is -0.247. The molecule has 0 atom stereocenters. The molecule has 0 saturated heterocycles. The molecule has 3 N–H and O–H groups in total. The number of phenolic OH excluding ortho intramolecular Hbond substituents is 3. The van der Waals surface area contributed by atoms with Gasteiger partial charge in [-0.1, -0.05) is 170 Å². The number of hydrogen-bond acceptors (Lipinski definition) is 16. The zero-order valence-corrected chi connectivity index (χ0v) is 78.9. The summed E-state index contributed by atoms with van der Waals surface area (Å²) < 4.78 is 5.36. The van der Waals surface area contributed by atoms with Crippen LogP contribution in [-0.4, -0.2) is 105 Å². The van der Waals surface area contributed by atoms with E-state index in [0.29, 0.717) is 93.3 Å². The van der Waals surface area contributed by atoms with Crippen LogP contribution in [0.3, 0.4) is 0 Å². The van der Waals surface area contributed by atoms with Crippen LogP contribution in [0.25, 0.3) is 61.3 Å². The molecule has 0 radical (unpaired) electrons. The van der Waals surface area contributed by atoms with Crippen molar-refractivity contribution in [1.29, 1.82) is 0 Å². The third-order valence-corrected chi connectivity index (χ3v) is 17.9. The first-order valence-corrected chi connectivity index (χ1v) is 38.5. The number of aromatic nitrogens is 9. The largest absolute Gasteiger partial charge is 2.00 e. The Labute approximate surface area is 788 Å². The van der Waals surface area contributed by atoms with E-state index in [9.17, 15) is 44.1 Å². The van der Waals surface area contributed by atoms with E-state index in [1.807, 2.05) is 131 Å². The third kappa shape index (κ3) is 31.6. The minimum absolute atomic E-state index is 0. The summed E-state index contributed by atoms with van der Waals surface area (Å²) in [4.78, 5) is 63.7. The van der Waals surface area contributed by atoms with Crippen molar-refractivity contribution in [3.8, 4) is 51.2 Å². The summed E-state index contributed by atoms with van der Waals surface area (Å²) in [5.41, 5.74) is 14.4. The number of halogens is 3. The van der Waals surface area contributed by atoms with Gasteiger partial charge in [0.05, 0.1) is 44.8 Å². The van der Waals surface area contributed by atoms with Gasteiger partial charge in [0.25, 0.3) is 0 Å². The quantitative estimate of drug-likeness (QED) is 0.102. The van der Waals surface area contributed by atoms with E-state index in [2.05, 4.69) is 78.2 Å². The molecule has 123 heavy (non-hydrogen) atoms. The van der Waals surface area contributed by atoms with Crippen LogP contribution < -0.4 is 4.74 Å². The van der Waals surface area contributed by atoms with Gasteiger partial charge >= 0.3 is 78.6 Å². The molecule has 0 amide bonds. The molecule has 3 aromatic heterocycles. The van der Waals surface area contributed by atoms with Gasteiger partial charge in [0.1, 0.15) is 67.4 Å². The molecule has 0 bridgehead atoms. The second kappa shape index (κ2) is 50.4. The van der Waals surface area contributed by atoms with Crippen molar-refractivity contribution < 1.29 is 127 Å². The molecule has 25 heteroatoms. The van der Waals surface area contributed by atoms with Gasteiger partial charge in [-0.3, -0.25) is 0 Å². The SMILES string of the molecule is CC(C)(C)c1cc(-n2nc3ccc(Cl)cc3n2)c(O)c(C(C)(C)C)c1.COc1cc(-n2nc3ccc(Cl)cc3n2)c(O)c(C(C)(C)C)c1.Cc1cc(-c2ccccc2)c(O)c(-n2nc3ccc(Cl)cc3n2)c1.O=[C-]c1ccccc1.O=[C-]c1ccccc1.O=[C-]c1ccccc1.O=[C-]c1ccccc1.O=[C-]c1ccccc1.O=[C-]c1ccccc1.[Zr+2].[Zr+2].[Zr+2]. The topological polar surface area (TPSA) is 264 Å². The molecule has 0 fully saturated rings. The zero-order chi connectivity index (χ0) is 86.9. The summed E-state index contributed by atoms with van der Waals surface area (Å²) in [6.45, 7) is 20.8. The van der Waals surface area contributed by atoms with Crippen molar-refractivity contribution in [2.45, 2.75) is 85.5 Å². The van der Waals surface area contributed by atoms with Gasteiger partial charge in [-0.15, -0.1) is 118 Å². The summed E-state index contributed by atoms with van der Waals surface area (Å²) >= 11 is 18.0. The first-order valence-electron chi connectivity index (χ1n) is 37.3. The Morgan fingerprint density at radius 1 is 0.301 bits per heavy atom. The molecular weight excluding hydrogens is 1840 g/mol. The standard InChI is InChI=1S/C20H24ClN3O.C19H14ClN3O.C17H18ClN3O2.6C7H5O.3Zr/c1-19(2,3)12-9-14(20(4,5)6)18(25)17(10-12)24-22-15-8-7-13(21)11-16(15)23-24;1-12-9-15(13-5-3-2-4-6-13)19(24)18(10-12)23-21-16-8-7-14(20)11-17(16)22-23;1-17(2,3)12-8-11(23-4)9-15(16(12)22)21-19-13-6-5-10(18)7-14(13)20-21;6*8-6-7-4-2-1-3-5-7;;;/h7-11,25H,1-6H3;2-11,24H,1H3;5-9,22H,1-4H3;6*1-5H;;;/q;;;6*-1;3*+2. The first kappa shape index (κ1) is 102. The first-order chi connectivity index (χ1) is 57.5. The van der Waals surface area contributed by atoms with Crippen LogP contribution in [0.4, 0.5) is 0 Å². The second-order valence-electron chi connectivity index (χ2n) is 29.4. The number of benzene rings is 13. The van der Waals surface area contributed by atoms with Gasteiger partial charge in [0.15, 0.2) is 5.75 Å². The summed E-state index contributed by atoms with van der Waals surface area (Å²) in [7, 11) is 1.59. The Morgan fingerprint density at radius 3 is 0.821 bits per heavy atom. The van der Waals surface area contributed by atoms with Gasteiger partial charge in [0, 0.05) is 37.8 Å². The van der Waals surface area contributed by atoms with Crippen molar-refractivity contribution in [3.05, 3.63) is 374 Å². The van der Waals surface area contributed by atoms with Crippen molar-refractivity contribution in [2.24, 2.45) is 0 Å². The van der Waals surface area contributed by atoms with E-state index in [1.165, 1.54) is 14.4 Å². The Hall–Kier alpha value is -11.2. The molecule has 16 rings (SSSR count). The van der Waals surface area contributed by atoms with Crippen LogP contribution >= 0.6 is 34.8 Å². The molecule has 0 aliphatic rings. The Kier molecular flexibility index (Phi) is 41.9. The fraction of sp³-hybridized carbons (Fsp3) is 0.143. The molecular formula is C98H86Cl3N9O10Zr3. The predicted octanol–water partition coefficient (Wildman–Crippen LogP) is 21.1. The monoisotopic (exact) mass is 1920 g/mol. The number of aromatic hydroxyl groups is 3. The van der Waals surface area contributed by atoms with E-state index < -0.39 is 0 Å². The number of carbonyl (C=O) groups excluding carboxylic acids is 6. The number of methoxy groups -OCH3 is 1. The van der Waals surface area contributed by atoms with Gasteiger partial charge in [-0.2, -0.15) is 106 Å². The van der Waals surface area contributed by atoms with Gasteiger partial charge < -0.3 is 48.8 Å². The number of fused-ring (bicyclic) bond motifs is 3. The Balaban J connectivity index is 0.000000257. The molecule has 13 aromatic carbocycles. The van der Waals surface area contributed by atoms with Crippen LogP contribution in [0.5, 0.6) is 23.0 Å². The zero-order valence-electron chi connectivity index (χ0n) is 69.2. The molecule has 16 aromatic rings. The van der Waals surface area contributed by atoms with E-state index >= 15 is 0 Å². The van der Waals surface area contributed by atoms with E-state index in [0.717, 1.165) is 44.4 Å². The van der Waals surface area contributed by atoms with Gasteiger partial charge in [-0.25, -0.2) is 0 Å². The summed E-state index contributed by atoms with van der Waals surface area (Å²) in [6.07, 6.45) is 10.7. The number of aryl methyl sites for hydroxylation is 1. The maximum Gasteiger partial charge on any atom is 2.00 e. The van der Waals surface area contributed by atoms with Crippen LogP contribution in [0.1, 0.15) is 118 Å². The van der Waals surface area contributed by atoms with Crippen molar-refractivity contribution >= 4 is 106 Å². The molecule has 19 nitrogen and oxygen atoms in total. The molecule has 3 heterocycles. The van der Waals surface area contributed by atoms with Crippen molar-refractivity contribution in [1.82, 2.24) is 45.0 Å². The maximum atomic E-state index is 10.9. The van der Waals surface area contributed by atoms with Crippen LogP contribution in [0, 0.1) is 6.92 Å². The summed E-state index contributed by atoms with van der Waals surface area (Å²) in [6, 6.07) is 90.6. The maximum absolute atomic E-state index is 10.9. The number of phenols is 3. The van der Waals surface area contributed by atoms with E-state index in [4.69, 9.17) is 39.5 Å². The average molecular weight is 1930 g/mol. The van der Waals surface area contributed by atoms with Crippen LogP contribution in [-0.2, 0) is 124 Å². The Morgan fingerprint density at radius 2 is 0.561 bits per heavy atom. The molecule has 0 aliphatic carbocycles. The Bertz CT molecular complexity index is 5680. The molecule has 0 spiro atoms. The number of nitrogens with zero attached hydrogens (tertiary/aromatic N) is 9. The molecule has 0 saturated carbocycles. The fourth-order valence-electron chi connectivity index (χ4n) is 11.0. The molecule has 0 aliphatic heterocycles.